The van der Waals surface area contributed by atoms with Gasteiger partial charge in [-0.3, -0.25) is 14.9 Å². The summed E-state index contributed by atoms with van der Waals surface area (Å²) in [6, 6.07) is 3.03. The van der Waals surface area contributed by atoms with E-state index in [0.29, 0.717) is 4.90 Å². The second kappa shape index (κ2) is 7.30. The molecule has 1 aromatic carbocycles. The number of amides is 1. The summed E-state index contributed by atoms with van der Waals surface area (Å²) < 4.78 is 47.5. The molecule has 2 rings (SSSR count). The molecular weight excluding hydrogens is 392 g/mol. The normalized spacial score (nSPS) is 19.5. The minimum atomic E-state index is -4.24. The van der Waals surface area contributed by atoms with Crippen molar-refractivity contribution >= 4 is 43.0 Å². The van der Waals surface area contributed by atoms with Crippen LogP contribution in [0.5, 0.6) is 0 Å². The summed E-state index contributed by atoms with van der Waals surface area (Å²) in [6.45, 7) is 0. The Labute approximate surface area is 149 Å². The maximum atomic E-state index is 12.4. The average molecular weight is 408 g/mol. The van der Waals surface area contributed by atoms with Gasteiger partial charge in [0.2, 0.25) is 5.91 Å². The van der Waals surface area contributed by atoms with Gasteiger partial charge in [0.25, 0.3) is 5.69 Å². The van der Waals surface area contributed by atoms with Crippen molar-refractivity contribution in [2.75, 3.05) is 23.5 Å². The number of nitrogens with one attached hydrogen (secondary N) is 1. The quantitative estimate of drug-likeness (QED) is 0.405. The fourth-order valence-electron chi connectivity index (χ4n) is 2.46. The van der Waals surface area contributed by atoms with Crippen molar-refractivity contribution in [3.05, 3.63) is 28.3 Å². The number of rotatable bonds is 6. The van der Waals surface area contributed by atoms with Crippen molar-refractivity contribution < 1.29 is 26.6 Å². The molecule has 0 bridgehead atoms. The highest BCUT2D eigenvalue weighted by molar-refractivity contribution is 7.98. The number of nitro benzene ring substituents is 1. The van der Waals surface area contributed by atoms with Crippen molar-refractivity contribution in [3.8, 4) is 0 Å². The molecule has 1 aliphatic rings. The fourth-order valence-corrected chi connectivity index (χ4v) is 5.88. The van der Waals surface area contributed by atoms with Crippen LogP contribution in [0.25, 0.3) is 0 Å². The first kappa shape index (κ1) is 19.7. The predicted octanol–water partition coefficient (Wildman–Crippen LogP) is 0.394. The first-order valence-corrected chi connectivity index (χ1v) is 11.8. The summed E-state index contributed by atoms with van der Waals surface area (Å²) in [7, 11) is -7.46. The van der Waals surface area contributed by atoms with Gasteiger partial charge in [-0.05, 0) is 24.8 Å². The molecule has 25 heavy (non-hydrogen) atoms. The number of nitrogens with zero attached hydrogens (tertiary/aromatic N) is 1. The van der Waals surface area contributed by atoms with Crippen LogP contribution in [0.4, 0.5) is 5.69 Å². The Morgan fingerprint density at radius 3 is 2.64 bits per heavy atom. The lowest BCUT2D eigenvalue weighted by Crippen LogP contribution is -2.39. The number of sulfone groups is 2. The largest absolute Gasteiger partial charge is 0.351 e. The van der Waals surface area contributed by atoms with Gasteiger partial charge in [0.1, 0.15) is 10.6 Å². The van der Waals surface area contributed by atoms with E-state index in [1.165, 1.54) is 17.8 Å². The van der Waals surface area contributed by atoms with Crippen LogP contribution >= 0.6 is 11.8 Å². The number of benzene rings is 1. The summed E-state index contributed by atoms with van der Waals surface area (Å²) in [5.74, 6) is -2.17. The van der Waals surface area contributed by atoms with E-state index in [1.54, 1.807) is 6.26 Å². The van der Waals surface area contributed by atoms with Gasteiger partial charge >= 0.3 is 0 Å². The molecule has 1 fully saturated rings. The second-order valence-electron chi connectivity index (χ2n) is 5.52. The molecule has 9 nitrogen and oxygen atoms in total. The van der Waals surface area contributed by atoms with Crippen molar-refractivity contribution in [2.24, 2.45) is 0 Å². The lowest BCUT2D eigenvalue weighted by molar-refractivity contribution is -0.388. The first-order chi connectivity index (χ1) is 11.5. The van der Waals surface area contributed by atoms with Crippen LogP contribution in [0.15, 0.2) is 28.0 Å². The van der Waals surface area contributed by atoms with Gasteiger partial charge in [0, 0.05) is 17.0 Å². The monoisotopic (exact) mass is 408 g/mol. The Hall–Kier alpha value is -1.66. The molecule has 1 saturated heterocycles. The molecule has 0 radical (unpaired) electrons. The molecule has 1 aromatic rings. The van der Waals surface area contributed by atoms with Crippen LogP contribution in [0.1, 0.15) is 6.42 Å². The van der Waals surface area contributed by atoms with Gasteiger partial charge in [-0.15, -0.1) is 11.8 Å². The number of carbonyl (C=O) groups is 1. The zero-order valence-electron chi connectivity index (χ0n) is 13.2. The number of nitro groups is 1. The fraction of sp³-hybridized carbons (Fsp3) is 0.462. The zero-order chi connectivity index (χ0) is 18.8. The Balaban J connectivity index is 2.19. The van der Waals surface area contributed by atoms with Crippen molar-refractivity contribution in [2.45, 2.75) is 22.3 Å². The van der Waals surface area contributed by atoms with Crippen LogP contribution in [0, 0.1) is 10.1 Å². The topological polar surface area (TPSA) is 141 Å². The summed E-state index contributed by atoms with van der Waals surface area (Å²) in [6.07, 6.45) is 1.91. The van der Waals surface area contributed by atoms with Gasteiger partial charge in [-0.2, -0.15) is 0 Å². The molecule has 1 heterocycles. The minimum absolute atomic E-state index is 0.0632. The molecule has 12 heteroatoms. The maximum absolute atomic E-state index is 12.4. The van der Waals surface area contributed by atoms with Crippen LogP contribution in [0.2, 0.25) is 0 Å². The molecule has 1 amide bonds. The molecule has 0 spiro atoms. The van der Waals surface area contributed by atoms with Crippen LogP contribution < -0.4 is 5.32 Å². The average Bonchev–Trinajstić information content (AvgIpc) is 2.84. The van der Waals surface area contributed by atoms with E-state index in [1.807, 2.05) is 0 Å². The van der Waals surface area contributed by atoms with Crippen molar-refractivity contribution in [1.82, 2.24) is 5.32 Å². The summed E-state index contributed by atoms with van der Waals surface area (Å²) >= 11 is 1.22. The van der Waals surface area contributed by atoms with E-state index in [0.717, 1.165) is 12.1 Å². The molecular formula is C13H16N2O7S3. The molecule has 0 aromatic heterocycles. The molecule has 1 atom stereocenters. The first-order valence-electron chi connectivity index (χ1n) is 7.09. The maximum Gasteiger partial charge on any atom is 0.289 e. The molecule has 0 aliphatic carbocycles. The van der Waals surface area contributed by atoms with Crippen LogP contribution in [-0.4, -0.2) is 57.2 Å². The van der Waals surface area contributed by atoms with Crippen molar-refractivity contribution in [3.63, 3.8) is 0 Å². The number of thioether (sulfide) groups is 1. The SMILES string of the molecule is CSc1ccc(S(=O)(=O)CC(=O)NC2CCS(=O)(=O)C2)c([N+](=O)[O-])c1. The van der Waals surface area contributed by atoms with E-state index in [4.69, 9.17) is 0 Å². The Kier molecular flexibility index (Phi) is 5.74. The Morgan fingerprint density at radius 1 is 1.44 bits per heavy atom. The third-order valence-electron chi connectivity index (χ3n) is 3.62. The van der Waals surface area contributed by atoms with E-state index < -0.39 is 52.9 Å². The Morgan fingerprint density at radius 2 is 2.12 bits per heavy atom. The summed E-state index contributed by atoms with van der Waals surface area (Å²) in [5, 5.41) is 13.5. The Bertz CT molecular complexity index is 910. The number of hydrogen-bond acceptors (Lipinski definition) is 8. The number of carbonyl (C=O) groups excluding carboxylic acids is 1. The molecule has 1 aliphatic heterocycles. The van der Waals surface area contributed by atoms with Gasteiger partial charge in [-0.1, -0.05) is 0 Å². The van der Waals surface area contributed by atoms with Crippen LogP contribution in [-0.2, 0) is 24.5 Å². The van der Waals surface area contributed by atoms with Gasteiger partial charge in [0.15, 0.2) is 19.7 Å². The number of hydrogen-bond donors (Lipinski definition) is 1. The lowest BCUT2D eigenvalue weighted by Gasteiger charge is -2.11. The highest BCUT2D eigenvalue weighted by Crippen LogP contribution is 2.29. The van der Waals surface area contributed by atoms with Crippen LogP contribution in [0.3, 0.4) is 0 Å². The highest BCUT2D eigenvalue weighted by atomic mass is 32.2. The minimum Gasteiger partial charge on any atom is -0.351 e. The van der Waals surface area contributed by atoms with Gasteiger partial charge < -0.3 is 5.32 Å². The second-order valence-corrected chi connectivity index (χ2v) is 10.6. The van der Waals surface area contributed by atoms with Gasteiger partial charge in [-0.25, -0.2) is 16.8 Å². The summed E-state index contributed by atoms with van der Waals surface area (Å²) in [4.78, 5) is 22.3. The molecule has 1 unspecified atom stereocenters. The molecule has 138 valence electrons. The smallest absolute Gasteiger partial charge is 0.289 e. The highest BCUT2D eigenvalue weighted by Gasteiger charge is 2.32. The zero-order valence-corrected chi connectivity index (χ0v) is 15.6. The predicted molar refractivity (Wildman–Crippen MR) is 92.1 cm³/mol. The van der Waals surface area contributed by atoms with E-state index in [-0.39, 0.29) is 17.9 Å². The van der Waals surface area contributed by atoms with Gasteiger partial charge in [0.05, 0.1) is 16.4 Å². The van der Waals surface area contributed by atoms with Crippen molar-refractivity contribution in [1.29, 1.82) is 0 Å². The standard InChI is InChI=1S/C13H16N2O7S3/c1-23-10-2-3-12(11(6-10)15(17)18)25(21,22)8-13(16)14-9-4-5-24(19,20)7-9/h2-3,6,9H,4-5,7-8H2,1H3,(H,14,16). The summed E-state index contributed by atoms with van der Waals surface area (Å²) in [5.41, 5.74) is -0.594. The molecule has 0 saturated carbocycles. The third kappa shape index (κ3) is 4.92. The van der Waals surface area contributed by atoms with E-state index in [2.05, 4.69) is 5.32 Å². The van der Waals surface area contributed by atoms with E-state index in [9.17, 15) is 31.7 Å². The van der Waals surface area contributed by atoms with E-state index >= 15 is 0 Å². The third-order valence-corrected chi connectivity index (χ3v) is 7.77. The lowest BCUT2D eigenvalue weighted by atomic mass is 10.3. The molecule has 1 N–H and O–H groups in total.